The zero-order valence-electron chi connectivity index (χ0n) is 18.9. The summed E-state index contributed by atoms with van der Waals surface area (Å²) in [6.07, 6.45) is -1.09. The van der Waals surface area contributed by atoms with Crippen LogP contribution in [0.3, 0.4) is 0 Å². The second kappa shape index (κ2) is 9.98. The van der Waals surface area contributed by atoms with Crippen molar-refractivity contribution < 1.29 is 27.8 Å². The van der Waals surface area contributed by atoms with Crippen molar-refractivity contribution in [2.24, 2.45) is 5.92 Å². The minimum Gasteiger partial charge on any atom is -0.478 e. The largest absolute Gasteiger partial charge is 0.478 e. The van der Waals surface area contributed by atoms with Gasteiger partial charge in [-0.1, -0.05) is 32.0 Å². The quantitative estimate of drug-likeness (QED) is 0.406. The molecule has 0 aliphatic heterocycles. The number of hydrogen-bond acceptors (Lipinski definition) is 3. The first kappa shape index (κ1) is 24.2. The fourth-order valence-corrected chi connectivity index (χ4v) is 3.63. The lowest BCUT2D eigenvalue weighted by molar-refractivity contribution is -0.147. The van der Waals surface area contributed by atoms with Gasteiger partial charge >= 0.3 is 5.97 Å². The number of ether oxygens (including phenoxy) is 1. The maximum atomic E-state index is 15.3. The summed E-state index contributed by atoms with van der Waals surface area (Å²) in [5, 5.41) is 12.3. The van der Waals surface area contributed by atoms with Crippen LogP contribution in [-0.2, 0) is 11.3 Å². The molecule has 0 bridgehead atoms. The summed E-state index contributed by atoms with van der Waals surface area (Å²) in [6, 6.07) is 11.5. The van der Waals surface area contributed by atoms with E-state index in [2.05, 4.69) is 5.32 Å². The Hall–Kier alpha value is -3.48. The van der Waals surface area contributed by atoms with Gasteiger partial charge in [0.2, 0.25) is 0 Å². The number of carboxylic acids is 1. The Kier molecular flexibility index (Phi) is 7.31. The molecule has 0 aliphatic carbocycles. The van der Waals surface area contributed by atoms with Gasteiger partial charge in [0.15, 0.2) is 6.10 Å². The Morgan fingerprint density at radius 1 is 1.06 bits per heavy atom. The molecule has 33 heavy (non-hydrogen) atoms. The molecule has 0 spiro atoms. The highest BCUT2D eigenvalue weighted by Gasteiger charge is 2.25. The molecule has 0 heterocycles. The van der Waals surface area contributed by atoms with Crippen LogP contribution < -0.4 is 10.1 Å². The molecule has 2 N–H and O–H groups in total. The molecule has 3 aromatic rings. The molecule has 0 aromatic heterocycles. The highest BCUT2D eigenvalue weighted by atomic mass is 19.1. The average Bonchev–Trinajstić information content (AvgIpc) is 2.74. The number of nitrogens with one attached hydrogen (secondary N) is 1. The first-order valence-corrected chi connectivity index (χ1v) is 10.6. The Morgan fingerprint density at radius 2 is 1.79 bits per heavy atom. The van der Waals surface area contributed by atoms with E-state index in [1.54, 1.807) is 45.9 Å². The number of carboxylic acid groups (broad SMARTS) is 1. The monoisotopic (exact) mass is 457 g/mol. The van der Waals surface area contributed by atoms with E-state index >= 15 is 4.39 Å². The molecule has 0 fully saturated rings. The van der Waals surface area contributed by atoms with E-state index in [4.69, 9.17) is 4.74 Å². The van der Waals surface area contributed by atoms with Crippen LogP contribution in [0.1, 0.15) is 30.5 Å². The second-order valence-electron chi connectivity index (χ2n) is 8.32. The van der Waals surface area contributed by atoms with Gasteiger partial charge < -0.3 is 15.2 Å². The van der Waals surface area contributed by atoms with Crippen LogP contribution in [0, 0.1) is 37.2 Å². The zero-order chi connectivity index (χ0) is 24.3. The van der Waals surface area contributed by atoms with Crippen molar-refractivity contribution in [2.75, 3.05) is 5.32 Å². The number of benzene rings is 3. The van der Waals surface area contributed by atoms with Gasteiger partial charge in [0, 0.05) is 29.2 Å². The zero-order valence-corrected chi connectivity index (χ0v) is 18.9. The third-order valence-corrected chi connectivity index (χ3v) is 5.35. The summed E-state index contributed by atoms with van der Waals surface area (Å²) in [5.41, 5.74) is 2.17. The van der Waals surface area contributed by atoms with Crippen LogP contribution in [0.25, 0.3) is 11.1 Å². The van der Waals surface area contributed by atoms with Crippen LogP contribution in [-0.4, -0.2) is 17.2 Å². The molecule has 0 saturated heterocycles. The molecular formula is C26H26F3NO3. The summed E-state index contributed by atoms with van der Waals surface area (Å²) in [7, 11) is 0. The SMILES string of the molecule is Cc1cc(CNc2c(F)ccc(OC(C(=O)O)C(C)C)c2C)c(F)c(-c2cccc(F)c2)c1. The number of aryl methyl sites for hydroxylation is 1. The highest BCUT2D eigenvalue weighted by Crippen LogP contribution is 2.32. The van der Waals surface area contributed by atoms with Crippen molar-refractivity contribution in [2.45, 2.75) is 40.3 Å². The van der Waals surface area contributed by atoms with Crippen LogP contribution in [0.4, 0.5) is 18.9 Å². The van der Waals surface area contributed by atoms with Crippen molar-refractivity contribution in [3.05, 3.63) is 82.7 Å². The van der Waals surface area contributed by atoms with E-state index in [0.717, 1.165) is 5.56 Å². The molecule has 0 radical (unpaired) electrons. The van der Waals surface area contributed by atoms with Gasteiger partial charge in [-0.25, -0.2) is 18.0 Å². The van der Waals surface area contributed by atoms with E-state index in [0.29, 0.717) is 11.1 Å². The van der Waals surface area contributed by atoms with E-state index in [1.165, 1.54) is 30.3 Å². The van der Waals surface area contributed by atoms with E-state index < -0.39 is 29.5 Å². The first-order chi connectivity index (χ1) is 15.6. The number of carbonyl (C=O) groups is 1. The lowest BCUT2D eigenvalue weighted by Crippen LogP contribution is -2.32. The molecule has 1 unspecified atom stereocenters. The molecule has 0 saturated carbocycles. The summed E-state index contributed by atoms with van der Waals surface area (Å²) in [4.78, 5) is 11.5. The van der Waals surface area contributed by atoms with Crippen LogP contribution in [0.15, 0.2) is 48.5 Å². The number of hydrogen-bond donors (Lipinski definition) is 2. The number of halogens is 3. The Balaban J connectivity index is 1.90. The molecule has 3 aromatic carbocycles. The van der Waals surface area contributed by atoms with Crippen molar-refractivity contribution in [1.82, 2.24) is 0 Å². The summed E-state index contributed by atoms with van der Waals surface area (Å²) in [6.45, 7) is 6.79. The number of aliphatic carboxylic acids is 1. The second-order valence-corrected chi connectivity index (χ2v) is 8.32. The highest BCUT2D eigenvalue weighted by molar-refractivity contribution is 5.73. The molecular weight excluding hydrogens is 431 g/mol. The van der Waals surface area contributed by atoms with Gasteiger partial charge in [-0.2, -0.15) is 0 Å². The third-order valence-electron chi connectivity index (χ3n) is 5.35. The maximum absolute atomic E-state index is 15.3. The van der Waals surface area contributed by atoms with E-state index in [9.17, 15) is 18.7 Å². The smallest absolute Gasteiger partial charge is 0.345 e. The Bertz CT molecular complexity index is 1180. The third kappa shape index (κ3) is 5.48. The molecule has 174 valence electrons. The average molecular weight is 457 g/mol. The van der Waals surface area contributed by atoms with Crippen LogP contribution >= 0.6 is 0 Å². The van der Waals surface area contributed by atoms with Crippen molar-refractivity contribution in [3.8, 4) is 16.9 Å². The Labute approximate surface area is 191 Å². The van der Waals surface area contributed by atoms with Crippen molar-refractivity contribution >= 4 is 11.7 Å². The number of anilines is 1. The van der Waals surface area contributed by atoms with Gasteiger partial charge in [-0.3, -0.25) is 0 Å². The first-order valence-electron chi connectivity index (χ1n) is 10.6. The molecule has 0 amide bonds. The molecule has 7 heteroatoms. The summed E-state index contributed by atoms with van der Waals surface area (Å²) < 4.78 is 49.1. The predicted octanol–water partition coefficient (Wildman–Crippen LogP) is 6.49. The number of rotatable bonds is 8. The van der Waals surface area contributed by atoms with Gasteiger partial charge in [-0.15, -0.1) is 0 Å². The summed E-state index contributed by atoms with van der Waals surface area (Å²) >= 11 is 0. The molecule has 4 nitrogen and oxygen atoms in total. The van der Waals surface area contributed by atoms with Crippen molar-refractivity contribution in [1.29, 1.82) is 0 Å². The van der Waals surface area contributed by atoms with Crippen LogP contribution in [0.5, 0.6) is 5.75 Å². The summed E-state index contributed by atoms with van der Waals surface area (Å²) in [5.74, 6) is -2.76. The minimum absolute atomic E-state index is 0.0381. The van der Waals surface area contributed by atoms with Crippen LogP contribution in [0.2, 0.25) is 0 Å². The van der Waals surface area contributed by atoms with Gasteiger partial charge in [0.25, 0.3) is 0 Å². The fourth-order valence-electron chi connectivity index (χ4n) is 3.63. The van der Waals surface area contributed by atoms with Gasteiger partial charge in [0.05, 0.1) is 5.69 Å². The topological polar surface area (TPSA) is 58.6 Å². The normalized spacial score (nSPS) is 12.0. The fraction of sp³-hybridized carbons (Fsp3) is 0.269. The Morgan fingerprint density at radius 3 is 2.42 bits per heavy atom. The lowest BCUT2D eigenvalue weighted by atomic mass is 9.99. The molecule has 0 aliphatic rings. The van der Waals surface area contributed by atoms with Gasteiger partial charge in [-0.05, 0) is 55.3 Å². The van der Waals surface area contributed by atoms with Crippen molar-refractivity contribution in [3.63, 3.8) is 0 Å². The lowest BCUT2D eigenvalue weighted by Gasteiger charge is -2.21. The molecule has 3 rings (SSSR count). The van der Waals surface area contributed by atoms with E-state index in [-0.39, 0.29) is 35.0 Å². The molecule has 1 atom stereocenters. The standard InChI is InChI=1S/C26H26F3NO3/c1-14(2)25(26(31)32)33-22-9-8-21(28)24(16(22)4)30-13-18-10-15(3)11-20(23(18)29)17-6-5-7-19(27)12-17/h5-12,14,25,30H,13H2,1-4H3,(H,31,32). The maximum Gasteiger partial charge on any atom is 0.345 e. The minimum atomic E-state index is -1.12. The van der Waals surface area contributed by atoms with E-state index in [1.807, 2.05) is 0 Å². The van der Waals surface area contributed by atoms with Gasteiger partial charge in [0.1, 0.15) is 23.2 Å². The predicted molar refractivity (Wildman–Crippen MR) is 122 cm³/mol.